The molecule has 1 aliphatic heterocycles. The van der Waals surface area contributed by atoms with Gasteiger partial charge in [-0.1, -0.05) is 13.8 Å². The standard InChI is InChI=1S/C14H22F2N4O/c1-10-7-11(2)9-19(8-10)14(21)18-4-3-12-17-5-6-20(12)13(15)16/h5-6,10-11,13H,3-4,7-9H2,1-2H3,(H,18,21)/t10-,11-/m0/s1. The van der Waals surface area contributed by atoms with Gasteiger partial charge in [-0.15, -0.1) is 0 Å². The quantitative estimate of drug-likeness (QED) is 0.929. The molecule has 0 unspecified atom stereocenters. The second kappa shape index (κ2) is 6.87. The van der Waals surface area contributed by atoms with Gasteiger partial charge in [0.2, 0.25) is 0 Å². The number of piperidine rings is 1. The highest BCUT2D eigenvalue weighted by Gasteiger charge is 2.25. The van der Waals surface area contributed by atoms with Crippen molar-refractivity contribution < 1.29 is 13.6 Å². The number of aromatic nitrogens is 2. The molecule has 1 N–H and O–H groups in total. The number of nitrogens with zero attached hydrogens (tertiary/aromatic N) is 3. The van der Waals surface area contributed by atoms with Crippen LogP contribution in [0.5, 0.6) is 0 Å². The molecule has 0 bridgehead atoms. The van der Waals surface area contributed by atoms with Gasteiger partial charge in [-0.25, -0.2) is 9.78 Å². The van der Waals surface area contributed by atoms with Crippen LogP contribution in [0.15, 0.2) is 12.4 Å². The molecule has 0 radical (unpaired) electrons. The van der Waals surface area contributed by atoms with E-state index in [1.807, 2.05) is 0 Å². The molecule has 0 aliphatic carbocycles. The highest BCUT2D eigenvalue weighted by Crippen LogP contribution is 2.20. The lowest BCUT2D eigenvalue weighted by atomic mass is 9.92. The van der Waals surface area contributed by atoms with Gasteiger partial charge in [0.15, 0.2) is 0 Å². The normalized spacial score (nSPS) is 22.6. The fourth-order valence-corrected chi connectivity index (χ4v) is 2.94. The molecular weight excluding hydrogens is 278 g/mol. The third kappa shape index (κ3) is 4.15. The van der Waals surface area contributed by atoms with Crippen LogP contribution in [0.25, 0.3) is 0 Å². The molecule has 21 heavy (non-hydrogen) atoms. The van der Waals surface area contributed by atoms with Gasteiger partial charge >= 0.3 is 12.6 Å². The van der Waals surface area contributed by atoms with E-state index >= 15 is 0 Å². The van der Waals surface area contributed by atoms with Crippen LogP contribution in [-0.4, -0.2) is 40.1 Å². The Labute approximate surface area is 123 Å². The summed E-state index contributed by atoms with van der Waals surface area (Å²) in [6.07, 6.45) is 4.02. The summed E-state index contributed by atoms with van der Waals surface area (Å²) in [5.74, 6) is 1.28. The highest BCUT2D eigenvalue weighted by molar-refractivity contribution is 5.74. The van der Waals surface area contributed by atoms with E-state index < -0.39 is 6.55 Å². The van der Waals surface area contributed by atoms with Crippen LogP contribution in [-0.2, 0) is 6.42 Å². The maximum atomic E-state index is 12.7. The van der Waals surface area contributed by atoms with E-state index in [0.717, 1.165) is 24.1 Å². The summed E-state index contributed by atoms with van der Waals surface area (Å²) >= 11 is 0. The van der Waals surface area contributed by atoms with Crippen molar-refractivity contribution in [2.45, 2.75) is 33.2 Å². The van der Waals surface area contributed by atoms with Crippen LogP contribution >= 0.6 is 0 Å². The Hall–Kier alpha value is -1.66. The molecule has 118 valence electrons. The van der Waals surface area contributed by atoms with Crippen LogP contribution in [0.2, 0.25) is 0 Å². The number of amides is 2. The summed E-state index contributed by atoms with van der Waals surface area (Å²) in [7, 11) is 0. The number of carbonyl (C=O) groups excluding carboxylic acids is 1. The average Bonchev–Trinajstić information content (AvgIpc) is 2.86. The van der Waals surface area contributed by atoms with Crippen molar-refractivity contribution in [2.75, 3.05) is 19.6 Å². The van der Waals surface area contributed by atoms with Crippen molar-refractivity contribution in [1.29, 1.82) is 0 Å². The van der Waals surface area contributed by atoms with E-state index in [1.54, 1.807) is 4.90 Å². The Morgan fingerprint density at radius 1 is 1.43 bits per heavy atom. The Morgan fingerprint density at radius 2 is 2.10 bits per heavy atom. The van der Waals surface area contributed by atoms with Gasteiger partial charge < -0.3 is 10.2 Å². The fourth-order valence-electron chi connectivity index (χ4n) is 2.94. The Kier molecular flexibility index (Phi) is 5.14. The molecule has 1 fully saturated rings. The van der Waals surface area contributed by atoms with Crippen LogP contribution in [0.3, 0.4) is 0 Å². The number of alkyl halides is 2. The third-order valence-electron chi connectivity index (χ3n) is 3.74. The number of halogens is 2. The summed E-state index contributed by atoms with van der Waals surface area (Å²) in [5, 5.41) is 2.79. The zero-order valence-electron chi connectivity index (χ0n) is 12.4. The smallest absolute Gasteiger partial charge is 0.319 e. The van der Waals surface area contributed by atoms with Crippen LogP contribution in [0.4, 0.5) is 13.6 Å². The maximum absolute atomic E-state index is 12.7. The maximum Gasteiger partial charge on any atom is 0.319 e. The van der Waals surface area contributed by atoms with E-state index in [9.17, 15) is 13.6 Å². The lowest BCUT2D eigenvalue weighted by Gasteiger charge is -2.34. The van der Waals surface area contributed by atoms with E-state index in [4.69, 9.17) is 0 Å². The number of likely N-dealkylation sites (tertiary alicyclic amines) is 1. The van der Waals surface area contributed by atoms with E-state index in [1.165, 1.54) is 12.4 Å². The number of hydrogen-bond donors (Lipinski definition) is 1. The van der Waals surface area contributed by atoms with Gasteiger partial charge in [-0.2, -0.15) is 8.78 Å². The molecular formula is C14H22F2N4O. The molecule has 0 saturated carbocycles. The molecule has 2 heterocycles. The van der Waals surface area contributed by atoms with Gasteiger partial charge in [0.1, 0.15) is 5.82 Å². The number of imidazole rings is 1. The Balaban J connectivity index is 1.80. The molecule has 2 atom stereocenters. The van der Waals surface area contributed by atoms with Crippen LogP contribution in [0.1, 0.15) is 32.6 Å². The first-order valence-electron chi connectivity index (χ1n) is 7.30. The van der Waals surface area contributed by atoms with Crippen LogP contribution in [0, 0.1) is 11.8 Å². The van der Waals surface area contributed by atoms with Crippen molar-refractivity contribution in [3.63, 3.8) is 0 Å². The number of carbonyl (C=O) groups is 1. The molecule has 1 aromatic rings. The zero-order valence-corrected chi connectivity index (χ0v) is 12.4. The van der Waals surface area contributed by atoms with Gasteiger partial charge in [-0.3, -0.25) is 4.57 Å². The van der Waals surface area contributed by atoms with E-state index in [0.29, 0.717) is 24.8 Å². The average molecular weight is 300 g/mol. The van der Waals surface area contributed by atoms with E-state index in [2.05, 4.69) is 24.1 Å². The molecule has 0 spiro atoms. The van der Waals surface area contributed by atoms with Gasteiger partial charge in [-0.05, 0) is 18.3 Å². The zero-order chi connectivity index (χ0) is 15.4. The first-order chi connectivity index (χ1) is 9.97. The second-order valence-corrected chi connectivity index (χ2v) is 5.86. The summed E-state index contributed by atoms with van der Waals surface area (Å²) in [6.45, 7) is 3.48. The predicted octanol–water partition coefficient (Wildman–Crippen LogP) is 2.51. The lowest BCUT2D eigenvalue weighted by Crippen LogP contribution is -2.47. The predicted molar refractivity (Wildman–Crippen MR) is 75.1 cm³/mol. The first kappa shape index (κ1) is 15.7. The molecule has 0 aromatic carbocycles. The third-order valence-corrected chi connectivity index (χ3v) is 3.74. The minimum absolute atomic E-state index is 0.122. The summed E-state index contributed by atoms with van der Waals surface area (Å²) in [4.78, 5) is 17.8. The largest absolute Gasteiger partial charge is 0.338 e. The molecule has 5 nitrogen and oxygen atoms in total. The first-order valence-corrected chi connectivity index (χ1v) is 7.30. The molecule has 2 amide bonds. The minimum atomic E-state index is -2.60. The van der Waals surface area contributed by atoms with Crippen molar-refractivity contribution in [3.05, 3.63) is 18.2 Å². The Bertz CT molecular complexity index is 467. The summed E-state index contributed by atoms with van der Waals surface area (Å²) < 4.78 is 26.1. The molecule has 1 saturated heterocycles. The van der Waals surface area contributed by atoms with Gasteiger partial charge in [0, 0.05) is 38.4 Å². The van der Waals surface area contributed by atoms with Gasteiger partial charge in [0.05, 0.1) is 0 Å². The molecule has 2 rings (SSSR count). The lowest BCUT2D eigenvalue weighted by molar-refractivity contribution is 0.0670. The number of nitrogens with one attached hydrogen (secondary N) is 1. The summed E-state index contributed by atoms with van der Waals surface area (Å²) in [5.41, 5.74) is 0. The van der Waals surface area contributed by atoms with Crippen molar-refractivity contribution in [2.24, 2.45) is 11.8 Å². The number of urea groups is 1. The monoisotopic (exact) mass is 300 g/mol. The fraction of sp³-hybridized carbons (Fsp3) is 0.714. The van der Waals surface area contributed by atoms with Crippen molar-refractivity contribution >= 4 is 6.03 Å². The highest BCUT2D eigenvalue weighted by atomic mass is 19.3. The van der Waals surface area contributed by atoms with Crippen LogP contribution < -0.4 is 5.32 Å². The number of hydrogen-bond acceptors (Lipinski definition) is 2. The number of rotatable bonds is 4. The van der Waals surface area contributed by atoms with Crippen molar-refractivity contribution in [3.8, 4) is 0 Å². The second-order valence-electron chi connectivity index (χ2n) is 5.86. The molecule has 1 aliphatic rings. The minimum Gasteiger partial charge on any atom is -0.338 e. The van der Waals surface area contributed by atoms with E-state index in [-0.39, 0.29) is 11.9 Å². The van der Waals surface area contributed by atoms with Crippen molar-refractivity contribution in [1.82, 2.24) is 19.8 Å². The Morgan fingerprint density at radius 3 is 2.71 bits per heavy atom. The van der Waals surface area contributed by atoms with Gasteiger partial charge in [0.25, 0.3) is 0 Å². The molecule has 1 aromatic heterocycles. The molecule has 7 heteroatoms. The summed E-state index contributed by atoms with van der Waals surface area (Å²) in [6, 6.07) is -0.122. The topological polar surface area (TPSA) is 50.2 Å². The SMILES string of the molecule is C[C@H]1C[C@H](C)CN(C(=O)NCCc2nccn2C(F)F)C1.